The summed E-state index contributed by atoms with van der Waals surface area (Å²) < 4.78 is 0. The molecule has 0 spiro atoms. The van der Waals surface area contributed by atoms with Crippen LogP contribution in [0.25, 0.3) is 0 Å². The monoisotopic (exact) mass is 252 g/mol. The molecule has 1 saturated heterocycles. The maximum absolute atomic E-state index is 6.41. The Morgan fingerprint density at radius 1 is 1.18 bits per heavy atom. The molecule has 94 valence electrons. The third kappa shape index (κ3) is 2.93. The summed E-state index contributed by atoms with van der Waals surface area (Å²) in [5.74, 6) is 0. The third-order valence-corrected chi connectivity index (χ3v) is 3.57. The van der Waals surface area contributed by atoms with Gasteiger partial charge in [0.2, 0.25) is 0 Å². The van der Waals surface area contributed by atoms with Gasteiger partial charge in [0.05, 0.1) is 10.7 Å². The van der Waals surface area contributed by atoms with Gasteiger partial charge in [-0.1, -0.05) is 38.4 Å². The minimum atomic E-state index is 0.158. The zero-order valence-corrected chi connectivity index (χ0v) is 11.6. The summed E-state index contributed by atoms with van der Waals surface area (Å²) in [6.07, 6.45) is 0. The summed E-state index contributed by atoms with van der Waals surface area (Å²) in [6, 6.07) is 6.47. The van der Waals surface area contributed by atoms with Crippen molar-refractivity contribution < 1.29 is 0 Å². The average molecular weight is 253 g/mol. The van der Waals surface area contributed by atoms with Crippen molar-refractivity contribution in [2.24, 2.45) is 0 Å². The highest BCUT2D eigenvalue weighted by Crippen LogP contribution is 2.31. The van der Waals surface area contributed by atoms with E-state index in [0.29, 0.717) is 0 Å². The van der Waals surface area contributed by atoms with Crippen LogP contribution in [-0.4, -0.2) is 26.2 Å². The molecule has 1 heterocycles. The Morgan fingerprint density at radius 3 is 2.35 bits per heavy atom. The number of benzene rings is 1. The van der Waals surface area contributed by atoms with Gasteiger partial charge in [-0.2, -0.15) is 0 Å². The summed E-state index contributed by atoms with van der Waals surface area (Å²) >= 11 is 6.41. The number of hydrogen-bond acceptors (Lipinski definition) is 2. The van der Waals surface area contributed by atoms with E-state index in [0.717, 1.165) is 31.2 Å². The molecule has 0 atom stereocenters. The molecule has 0 aromatic heterocycles. The molecule has 0 unspecified atom stereocenters. The molecule has 0 bridgehead atoms. The van der Waals surface area contributed by atoms with Crippen LogP contribution in [-0.2, 0) is 5.41 Å². The lowest BCUT2D eigenvalue weighted by molar-refractivity contribution is 0.584. The highest BCUT2D eigenvalue weighted by molar-refractivity contribution is 6.33. The lowest BCUT2D eigenvalue weighted by Crippen LogP contribution is -2.43. The molecular formula is C14H21ClN2. The van der Waals surface area contributed by atoms with E-state index in [4.69, 9.17) is 11.6 Å². The van der Waals surface area contributed by atoms with E-state index in [1.54, 1.807) is 0 Å². The molecule has 1 aromatic carbocycles. The molecule has 0 aliphatic carbocycles. The van der Waals surface area contributed by atoms with Crippen LogP contribution in [0.1, 0.15) is 26.3 Å². The molecule has 1 N–H and O–H groups in total. The van der Waals surface area contributed by atoms with Crippen molar-refractivity contribution in [1.29, 1.82) is 0 Å². The van der Waals surface area contributed by atoms with Crippen molar-refractivity contribution >= 4 is 17.3 Å². The Hall–Kier alpha value is -0.730. The van der Waals surface area contributed by atoms with Crippen molar-refractivity contribution in [2.45, 2.75) is 26.2 Å². The molecule has 1 aliphatic heterocycles. The van der Waals surface area contributed by atoms with Gasteiger partial charge >= 0.3 is 0 Å². The zero-order valence-electron chi connectivity index (χ0n) is 10.9. The molecule has 0 saturated carbocycles. The van der Waals surface area contributed by atoms with E-state index in [1.165, 1.54) is 11.3 Å². The van der Waals surface area contributed by atoms with Crippen molar-refractivity contribution in [1.82, 2.24) is 5.32 Å². The smallest absolute Gasteiger partial charge is 0.0642 e. The summed E-state index contributed by atoms with van der Waals surface area (Å²) in [5, 5.41) is 4.23. The number of nitrogens with zero attached hydrogens (tertiary/aromatic N) is 1. The van der Waals surface area contributed by atoms with E-state index in [2.05, 4.69) is 49.2 Å². The molecule has 1 aromatic rings. The number of hydrogen-bond donors (Lipinski definition) is 1. The van der Waals surface area contributed by atoms with Crippen LogP contribution in [0.3, 0.4) is 0 Å². The van der Waals surface area contributed by atoms with Crippen molar-refractivity contribution in [3.8, 4) is 0 Å². The summed E-state index contributed by atoms with van der Waals surface area (Å²) in [6.45, 7) is 10.8. The lowest BCUT2D eigenvalue weighted by Gasteiger charge is -2.31. The summed E-state index contributed by atoms with van der Waals surface area (Å²) in [7, 11) is 0. The highest BCUT2D eigenvalue weighted by atomic mass is 35.5. The van der Waals surface area contributed by atoms with Gasteiger partial charge in [-0.3, -0.25) is 0 Å². The number of nitrogens with one attached hydrogen (secondary N) is 1. The lowest BCUT2D eigenvalue weighted by atomic mass is 9.87. The van der Waals surface area contributed by atoms with Gasteiger partial charge in [0, 0.05) is 26.2 Å². The van der Waals surface area contributed by atoms with Gasteiger partial charge in [-0.05, 0) is 23.1 Å². The van der Waals surface area contributed by atoms with Crippen molar-refractivity contribution in [2.75, 3.05) is 31.1 Å². The zero-order chi connectivity index (χ0) is 12.5. The first kappa shape index (κ1) is 12.7. The Morgan fingerprint density at radius 2 is 1.82 bits per heavy atom. The Bertz CT molecular complexity index is 390. The molecule has 0 amide bonds. The molecule has 17 heavy (non-hydrogen) atoms. The summed E-state index contributed by atoms with van der Waals surface area (Å²) in [5.41, 5.74) is 2.62. The van der Waals surface area contributed by atoms with Gasteiger partial charge in [0.25, 0.3) is 0 Å². The number of piperazine rings is 1. The quantitative estimate of drug-likeness (QED) is 0.827. The topological polar surface area (TPSA) is 15.3 Å². The first-order valence-corrected chi connectivity index (χ1v) is 6.62. The van der Waals surface area contributed by atoms with Gasteiger partial charge in [-0.15, -0.1) is 0 Å². The minimum absolute atomic E-state index is 0.158. The number of rotatable bonds is 1. The number of anilines is 1. The van der Waals surface area contributed by atoms with Gasteiger partial charge in [0.1, 0.15) is 0 Å². The predicted octanol–water partition coefficient (Wildman–Crippen LogP) is 3.05. The number of halogens is 1. The van der Waals surface area contributed by atoms with Crippen molar-refractivity contribution in [3.05, 3.63) is 28.8 Å². The molecule has 0 radical (unpaired) electrons. The van der Waals surface area contributed by atoms with E-state index in [1.807, 2.05) is 0 Å². The normalized spacial score (nSPS) is 17.3. The fraction of sp³-hybridized carbons (Fsp3) is 0.571. The van der Waals surface area contributed by atoms with E-state index in [-0.39, 0.29) is 5.41 Å². The SMILES string of the molecule is CC(C)(C)c1ccc(N2CCNCC2)c(Cl)c1. The fourth-order valence-electron chi connectivity index (χ4n) is 2.14. The van der Waals surface area contributed by atoms with Crippen LogP contribution in [0.2, 0.25) is 5.02 Å². The molecular weight excluding hydrogens is 232 g/mol. The maximum atomic E-state index is 6.41. The molecule has 2 rings (SSSR count). The fourth-order valence-corrected chi connectivity index (χ4v) is 2.44. The molecule has 1 aliphatic rings. The largest absolute Gasteiger partial charge is 0.368 e. The van der Waals surface area contributed by atoms with Crippen molar-refractivity contribution in [3.63, 3.8) is 0 Å². The highest BCUT2D eigenvalue weighted by Gasteiger charge is 2.18. The second kappa shape index (κ2) is 4.87. The predicted molar refractivity (Wildman–Crippen MR) is 75.2 cm³/mol. The Labute approximate surface area is 109 Å². The Kier molecular flexibility index (Phi) is 3.64. The van der Waals surface area contributed by atoms with Crippen LogP contribution < -0.4 is 10.2 Å². The minimum Gasteiger partial charge on any atom is -0.368 e. The van der Waals surface area contributed by atoms with E-state index < -0.39 is 0 Å². The third-order valence-electron chi connectivity index (χ3n) is 3.27. The van der Waals surface area contributed by atoms with E-state index in [9.17, 15) is 0 Å². The molecule has 1 fully saturated rings. The van der Waals surface area contributed by atoms with Crippen LogP contribution in [0.4, 0.5) is 5.69 Å². The van der Waals surface area contributed by atoms with Crippen LogP contribution in [0.5, 0.6) is 0 Å². The first-order valence-electron chi connectivity index (χ1n) is 6.24. The van der Waals surface area contributed by atoms with Crippen LogP contribution in [0, 0.1) is 0 Å². The summed E-state index contributed by atoms with van der Waals surface area (Å²) in [4.78, 5) is 2.35. The molecule has 3 heteroatoms. The van der Waals surface area contributed by atoms with Gasteiger partial charge in [0.15, 0.2) is 0 Å². The van der Waals surface area contributed by atoms with E-state index >= 15 is 0 Å². The standard InChI is InChI=1S/C14H21ClN2/c1-14(2,3)11-4-5-13(12(15)10-11)17-8-6-16-7-9-17/h4-5,10,16H,6-9H2,1-3H3. The molecule has 2 nitrogen and oxygen atoms in total. The maximum Gasteiger partial charge on any atom is 0.0642 e. The van der Waals surface area contributed by atoms with Crippen LogP contribution >= 0.6 is 11.6 Å². The second-order valence-electron chi connectivity index (χ2n) is 5.65. The van der Waals surface area contributed by atoms with Gasteiger partial charge < -0.3 is 10.2 Å². The second-order valence-corrected chi connectivity index (χ2v) is 6.06. The average Bonchev–Trinajstić information content (AvgIpc) is 2.29. The van der Waals surface area contributed by atoms with Gasteiger partial charge in [-0.25, -0.2) is 0 Å². The van der Waals surface area contributed by atoms with Crippen LogP contribution in [0.15, 0.2) is 18.2 Å². The first-order chi connectivity index (χ1) is 7.98. The Balaban J connectivity index is 2.25.